The summed E-state index contributed by atoms with van der Waals surface area (Å²) in [4.78, 5) is 0. The molecule has 0 amide bonds. The monoisotopic (exact) mass is 423 g/mol. The summed E-state index contributed by atoms with van der Waals surface area (Å²) in [5.41, 5.74) is 1.19. The lowest BCUT2D eigenvalue weighted by atomic mass is 9.49. The van der Waals surface area contributed by atoms with Gasteiger partial charge in [0, 0.05) is 26.5 Å². The van der Waals surface area contributed by atoms with Crippen molar-refractivity contribution in [2.24, 2.45) is 52.8 Å². The van der Waals surface area contributed by atoms with E-state index < -0.39 is 0 Å². The van der Waals surface area contributed by atoms with Crippen molar-refractivity contribution in [2.45, 2.75) is 78.2 Å². The van der Waals surface area contributed by atoms with Crippen molar-refractivity contribution >= 4 is 0 Å². The zero-order valence-electron chi connectivity index (χ0n) is 19.8. The molecule has 0 N–H and O–H groups in total. The minimum atomic E-state index is 0.506. The molecule has 1 aromatic rings. The molecule has 4 aliphatic rings. The lowest BCUT2D eigenvalue weighted by Crippen LogP contribution is -2.49. The molecule has 4 nitrogen and oxygen atoms in total. The van der Waals surface area contributed by atoms with Crippen LogP contribution in [0, 0.1) is 64.1 Å². The number of hydrogen-bond donors (Lipinski definition) is 0. The van der Waals surface area contributed by atoms with Gasteiger partial charge in [-0.1, -0.05) is 13.8 Å². The Bertz CT molecular complexity index is 812. The molecule has 31 heavy (non-hydrogen) atoms. The Morgan fingerprint density at radius 3 is 2.77 bits per heavy atom. The van der Waals surface area contributed by atoms with Crippen LogP contribution in [0.25, 0.3) is 0 Å². The molecule has 4 saturated carbocycles. The van der Waals surface area contributed by atoms with E-state index in [-0.39, 0.29) is 0 Å². The van der Waals surface area contributed by atoms with Crippen LogP contribution in [0.2, 0.25) is 0 Å². The molecule has 0 bridgehead atoms. The van der Waals surface area contributed by atoms with Crippen molar-refractivity contribution in [1.29, 1.82) is 5.26 Å². The van der Waals surface area contributed by atoms with Crippen LogP contribution in [0.4, 0.5) is 0 Å². The average Bonchev–Trinajstić information content (AvgIpc) is 3.37. The van der Waals surface area contributed by atoms with Gasteiger partial charge in [-0.2, -0.15) is 10.4 Å². The zero-order chi connectivity index (χ0) is 21.6. The number of ether oxygens (including phenoxy) is 1. The van der Waals surface area contributed by atoms with Crippen molar-refractivity contribution in [3.63, 3.8) is 0 Å². The van der Waals surface area contributed by atoms with Gasteiger partial charge in [-0.3, -0.25) is 4.68 Å². The molecule has 0 saturated heterocycles. The highest BCUT2D eigenvalue weighted by atomic mass is 16.5. The fraction of sp³-hybridized carbons (Fsp3) is 0.852. The quantitative estimate of drug-likeness (QED) is 0.590. The van der Waals surface area contributed by atoms with Crippen molar-refractivity contribution < 1.29 is 4.74 Å². The third kappa shape index (κ3) is 3.75. The van der Waals surface area contributed by atoms with Gasteiger partial charge in [-0.05, 0) is 111 Å². The molecule has 0 spiro atoms. The molecule has 0 aromatic carbocycles. The van der Waals surface area contributed by atoms with Crippen LogP contribution >= 0.6 is 0 Å². The standard InChI is InChI=1S/C27H41N3O/c1-18(15-30-16-20(13-28)14-29-30)25-8-9-26-24-7-5-21-12-19(17-31-3)4-6-22(21)23(24)10-11-27(25,26)2/h14,16,18-19,21-26H,4-12,15,17H2,1-3H3/t18-,19-,21+,22-,23?,24+,25?,26?,27+/m0/s1. The number of nitrogens with zero attached hydrogens (tertiary/aromatic N) is 3. The maximum atomic E-state index is 9.12. The van der Waals surface area contributed by atoms with Gasteiger partial charge in [0.15, 0.2) is 0 Å². The number of aromatic nitrogens is 2. The molecular formula is C27H41N3O. The summed E-state index contributed by atoms with van der Waals surface area (Å²) in [6.07, 6.45) is 16.6. The molecule has 1 aromatic heterocycles. The first-order valence-corrected chi connectivity index (χ1v) is 12.9. The summed E-state index contributed by atoms with van der Waals surface area (Å²) in [6, 6.07) is 2.22. The second-order valence-corrected chi connectivity index (χ2v) is 11.8. The Kier molecular flexibility index (Phi) is 5.93. The first-order valence-electron chi connectivity index (χ1n) is 12.9. The second kappa shape index (κ2) is 8.54. The molecule has 5 rings (SSSR count). The molecule has 0 radical (unpaired) electrons. The SMILES string of the molecule is COC[C@H]1CC[C@@H]2C3CC[C@@]4(C)C(CCC4[C@@H](C)Cn4cc(C#N)cn4)[C@@H]3CC[C@@H]2C1. The van der Waals surface area contributed by atoms with Crippen LogP contribution in [0.5, 0.6) is 0 Å². The molecule has 4 heteroatoms. The van der Waals surface area contributed by atoms with E-state index in [2.05, 4.69) is 25.0 Å². The van der Waals surface area contributed by atoms with Crippen LogP contribution in [-0.4, -0.2) is 23.5 Å². The number of rotatable bonds is 5. The predicted octanol–water partition coefficient (Wildman–Crippen LogP) is 5.92. The summed E-state index contributed by atoms with van der Waals surface area (Å²) >= 11 is 0. The number of methoxy groups -OCH3 is 1. The van der Waals surface area contributed by atoms with E-state index in [1.54, 1.807) is 6.20 Å². The molecule has 3 unspecified atom stereocenters. The topological polar surface area (TPSA) is 50.8 Å². The van der Waals surface area contributed by atoms with Crippen molar-refractivity contribution in [3.05, 3.63) is 18.0 Å². The number of nitriles is 1. The summed E-state index contributed by atoms with van der Waals surface area (Å²) in [5.74, 6) is 7.12. The van der Waals surface area contributed by atoms with Crippen molar-refractivity contribution in [2.75, 3.05) is 13.7 Å². The molecule has 4 fully saturated rings. The van der Waals surface area contributed by atoms with Gasteiger partial charge in [0.05, 0.1) is 11.8 Å². The summed E-state index contributed by atoms with van der Waals surface area (Å²) in [7, 11) is 1.87. The Labute approximate surface area is 188 Å². The third-order valence-corrected chi connectivity index (χ3v) is 10.5. The fourth-order valence-electron chi connectivity index (χ4n) is 9.26. The highest BCUT2D eigenvalue weighted by Gasteiger charge is 2.57. The molecule has 170 valence electrons. The van der Waals surface area contributed by atoms with E-state index in [9.17, 15) is 0 Å². The van der Waals surface area contributed by atoms with Crippen LogP contribution in [0.15, 0.2) is 12.4 Å². The van der Waals surface area contributed by atoms with Gasteiger partial charge >= 0.3 is 0 Å². The van der Waals surface area contributed by atoms with Gasteiger partial charge in [0.1, 0.15) is 6.07 Å². The smallest absolute Gasteiger partial charge is 0.102 e. The normalized spacial score (nSPS) is 42.8. The van der Waals surface area contributed by atoms with Gasteiger partial charge in [0.2, 0.25) is 0 Å². The van der Waals surface area contributed by atoms with E-state index >= 15 is 0 Å². The predicted molar refractivity (Wildman–Crippen MR) is 122 cm³/mol. The van der Waals surface area contributed by atoms with Crippen LogP contribution in [0.3, 0.4) is 0 Å². The Hall–Kier alpha value is -1.34. The Morgan fingerprint density at radius 1 is 1.16 bits per heavy atom. The molecule has 0 aliphatic heterocycles. The lowest BCUT2D eigenvalue weighted by Gasteiger charge is -2.57. The number of hydrogen-bond acceptors (Lipinski definition) is 3. The van der Waals surface area contributed by atoms with Crippen LogP contribution < -0.4 is 0 Å². The largest absolute Gasteiger partial charge is 0.384 e. The molecule has 9 atom stereocenters. The van der Waals surface area contributed by atoms with E-state index in [0.717, 1.165) is 54.6 Å². The minimum Gasteiger partial charge on any atom is -0.384 e. The maximum Gasteiger partial charge on any atom is 0.102 e. The summed E-state index contributed by atoms with van der Waals surface area (Å²) < 4.78 is 7.51. The van der Waals surface area contributed by atoms with E-state index in [1.807, 2.05) is 18.0 Å². The lowest BCUT2D eigenvalue weighted by molar-refractivity contribution is -0.0777. The first kappa shape index (κ1) is 21.5. The fourth-order valence-corrected chi connectivity index (χ4v) is 9.26. The van der Waals surface area contributed by atoms with E-state index in [0.29, 0.717) is 16.9 Å². The van der Waals surface area contributed by atoms with Gasteiger partial charge in [-0.15, -0.1) is 0 Å². The van der Waals surface area contributed by atoms with E-state index in [1.165, 1.54) is 57.8 Å². The van der Waals surface area contributed by atoms with Gasteiger partial charge < -0.3 is 4.74 Å². The van der Waals surface area contributed by atoms with E-state index in [4.69, 9.17) is 10.00 Å². The zero-order valence-corrected chi connectivity index (χ0v) is 19.8. The molecule has 4 aliphatic carbocycles. The Morgan fingerprint density at radius 2 is 2.00 bits per heavy atom. The highest BCUT2D eigenvalue weighted by molar-refractivity contribution is 5.21. The molecular weight excluding hydrogens is 382 g/mol. The number of fused-ring (bicyclic) bond motifs is 5. The highest BCUT2D eigenvalue weighted by Crippen LogP contribution is 2.65. The van der Waals surface area contributed by atoms with Crippen molar-refractivity contribution in [3.8, 4) is 6.07 Å². The van der Waals surface area contributed by atoms with Crippen LogP contribution in [-0.2, 0) is 11.3 Å². The van der Waals surface area contributed by atoms with Crippen LogP contribution in [0.1, 0.15) is 77.2 Å². The summed E-state index contributed by atoms with van der Waals surface area (Å²) in [5, 5.41) is 13.6. The van der Waals surface area contributed by atoms with Crippen molar-refractivity contribution in [1.82, 2.24) is 9.78 Å². The summed E-state index contributed by atoms with van der Waals surface area (Å²) in [6.45, 7) is 7.01. The second-order valence-electron chi connectivity index (χ2n) is 11.8. The van der Waals surface area contributed by atoms with Gasteiger partial charge in [0.25, 0.3) is 0 Å². The molecule has 1 heterocycles. The van der Waals surface area contributed by atoms with Gasteiger partial charge in [-0.25, -0.2) is 0 Å². The average molecular weight is 424 g/mol. The third-order valence-electron chi connectivity index (χ3n) is 10.5. The maximum absolute atomic E-state index is 9.12. The Balaban J connectivity index is 1.27. The first-order chi connectivity index (χ1) is 15.0. The minimum absolute atomic E-state index is 0.506.